The molecule has 0 saturated heterocycles. The van der Waals surface area contributed by atoms with Crippen molar-refractivity contribution in [2.24, 2.45) is 11.0 Å². The standard InChI is InChI=1S/C7H13N3O2/c1-4-5(2)6(9-10-8)7(11)12-3/h5-6H,4H2,1-3H3. The molecule has 12 heavy (non-hydrogen) atoms. The van der Waals surface area contributed by atoms with Crippen LogP contribution in [0.4, 0.5) is 0 Å². The number of rotatable bonds is 4. The third-order valence-electron chi connectivity index (χ3n) is 1.80. The number of azide groups is 1. The molecule has 0 rings (SSSR count). The zero-order valence-corrected chi connectivity index (χ0v) is 7.52. The van der Waals surface area contributed by atoms with E-state index >= 15 is 0 Å². The molecule has 0 aromatic carbocycles. The largest absolute Gasteiger partial charge is 0.469 e. The zero-order chi connectivity index (χ0) is 9.56. The average Bonchev–Trinajstić information content (AvgIpc) is 2.11. The van der Waals surface area contributed by atoms with Gasteiger partial charge in [0, 0.05) is 4.91 Å². The molecule has 0 saturated carbocycles. The smallest absolute Gasteiger partial charge is 0.314 e. The maximum Gasteiger partial charge on any atom is 0.314 e. The van der Waals surface area contributed by atoms with Gasteiger partial charge in [0.2, 0.25) is 0 Å². The second-order valence-electron chi connectivity index (χ2n) is 2.56. The van der Waals surface area contributed by atoms with Crippen molar-refractivity contribution >= 4 is 5.97 Å². The van der Waals surface area contributed by atoms with Gasteiger partial charge in [0.05, 0.1) is 7.11 Å². The van der Waals surface area contributed by atoms with Crippen molar-refractivity contribution in [2.75, 3.05) is 7.11 Å². The Kier molecular flexibility index (Phi) is 4.88. The molecule has 2 atom stereocenters. The normalized spacial score (nSPS) is 14.2. The molecule has 0 aliphatic carbocycles. The summed E-state index contributed by atoms with van der Waals surface area (Å²) in [5.74, 6) is -0.449. The van der Waals surface area contributed by atoms with Gasteiger partial charge in [0.1, 0.15) is 6.04 Å². The van der Waals surface area contributed by atoms with Crippen molar-refractivity contribution in [3.63, 3.8) is 0 Å². The lowest BCUT2D eigenvalue weighted by Crippen LogP contribution is -2.26. The molecular formula is C7H13N3O2. The van der Waals surface area contributed by atoms with Gasteiger partial charge >= 0.3 is 5.97 Å². The van der Waals surface area contributed by atoms with Gasteiger partial charge in [-0.2, -0.15) is 0 Å². The summed E-state index contributed by atoms with van der Waals surface area (Å²) in [5.41, 5.74) is 8.18. The maximum absolute atomic E-state index is 11.0. The monoisotopic (exact) mass is 171 g/mol. The summed E-state index contributed by atoms with van der Waals surface area (Å²) in [7, 11) is 1.28. The zero-order valence-electron chi connectivity index (χ0n) is 7.52. The molecule has 0 aromatic heterocycles. The molecule has 0 fully saturated rings. The Bertz CT molecular complexity index is 199. The van der Waals surface area contributed by atoms with Crippen molar-refractivity contribution in [3.8, 4) is 0 Å². The maximum atomic E-state index is 11.0. The van der Waals surface area contributed by atoms with Crippen LogP contribution >= 0.6 is 0 Å². The van der Waals surface area contributed by atoms with Gasteiger partial charge in [-0.05, 0) is 11.4 Å². The average molecular weight is 171 g/mol. The van der Waals surface area contributed by atoms with Crippen LogP contribution < -0.4 is 0 Å². The number of methoxy groups -OCH3 is 1. The van der Waals surface area contributed by atoms with E-state index in [1.165, 1.54) is 7.11 Å². The SMILES string of the molecule is CCC(C)C(N=[N+]=[N-])C(=O)OC. The van der Waals surface area contributed by atoms with Crippen LogP contribution in [-0.2, 0) is 9.53 Å². The van der Waals surface area contributed by atoms with Crippen LogP contribution in [0.5, 0.6) is 0 Å². The van der Waals surface area contributed by atoms with Gasteiger partial charge in [-0.3, -0.25) is 4.79 Å². The van der Waals surface area contributed by atoms with E-state index in [0.29, 0.717) is 0 Å². The highest BCUT2D eigenvalue weighted by atomic mass is 16.5. The first-order valence-corrected chi connectivity index (χ1v) is 3.79. The molecule has 0 N–H and O–H groups in total. The van der Waals surface area contributed by atoms with Crippen LogP contribution in [-0.4, -0.2) is 19.1 Å². The molecule has 0 heterocycles. The van der Waals surface area contributed by atoms with Crippen LogP contribution in [0.15, 0.2) is 5.11 Å². The number of carbonyl (C=O) groups is 1. The van der Waals surface area contributed by atoms with E-state index in [9.17, 15) is 4.79 Å². The third kappa shape index (κ3) is 2.80. The molecule has 0 amide bonds. The lowest BCUT2D eigenvalue weighted by molar-refractivity contribution is -0.143. The molecule has 0 aliphatic heterocycles. The highest BCUT2D eigenvalue weighted by molar-refractivity contribution is 5.76. The molecule has 0 bridgehead atoms. The Morgan fingerprint density at radius 1 is 1.75 bits per heavy atom. The summed E-state index contributed by atoms with van der Waals surface area (Å²) >= 11 is 0. The van der Waals surface area contributed by atoms with Crippen LogP contribution in [0.3, 0.4) is 0 Å². The van der Waals surface area contributed by atoms with Crippen LogP contribution in [0.1, 0.15) is 20.3 Å². The molecule has 2 unspecified atom stereocenters. The summed E-state index contributed by atoms with van der Waals surface area (Å²) < 4.78 is 4.48. The van der Waals surface area contributed by atoms with Gasteiger partial charge in [-0.15, -0.1) is 0 Å². The van der Waals surface area contributed by atoms with Gasteiger partial charge < -0.3 is 4.74 Å². The topological polar surface area (TPSA) is 75.1 Å². The Morgan fingerprint density at radius 2 is 2.33 bits per heavy atom. The van der Waals surface area contributed by atoms with E-state index in [2.05, 4.69) is 14.8 Å². The first-order valence-electron chi connectivity index (χ1n) is 3.79. The van der Waals surface area contributed by atoms with Crippen LogP contribution in [0.2, 0.25) is 0 Å². The summed E-state index contributed by atoms with van der Waals surface area (Å²) in [5, 5.41) is 3.37. The second kappa shape index (κ2) is 5.43. The van der Waals surface area contributed by atoms with Crippen molar-refractivity contribution in [3.05, 3.63) is 10.4 Å². The number of carbonyl (C=O) groups excluding carboxylic acids is 1. The van der Waals surface area contributed by atoms with E-state index in [1.807, 2.05) is 13.8 Å². The van der Waals surface area contributed by atoms with Crippen LogP contribution in [0, 0.1) is 5.92 Å². The van der Waals surface area contributed by atoms with Crippen molar-refractivity contribution in [2.45, 2.75) is 26.3 Å². The van der Waals surface area contributed by atoms with E-state index in [4.69, 9.17) is 5.53 Å². The van der Waals surface area contributed by atoms with Crippen molar-refractivity contribution in [1.29, 1.82) is 0 Å². The first kappa shape index (κ1) is 10.8. The number of nitrogens with zero attached hydrogens (tertiary/aromatic N) is 3. The molecule has 68 valence electrons. The highest BCUT2D eigenvalue weighted by Crippen LogP contribution is 2.12. The number of esters is 1. The fraction of sp³-hybridized carbons (Fsp3) is 0.857. The number of ether oxygens (including phenoxy) is 1. The number of hydrogen-bond acceptors (Lipinski definition) is 3. The van der Waals surface area contributed by atoms with E-state index in [-0.39, 0.29) is 5.92 Å². The highest BCUT2D eigenvalue weighted by Gasteiger charge is 2.22. The summed E-state index contributed by atoms with van der Waals surface area (Å²) in [6, 6.07) is -0.690. The predicted molar refractivity (Wildman–Crippen MR) is 44.4 cm³/mol. The summed E-state index contributed by atoms with van der Waals surface area (Å²) in [6.07, 6.45) is 0.777. The Morgan fingerprint density at radius 3 is 2.67 bits per heavy atom. The molecular weight excluding hydrogens is 158 g/mol. The summed E-state index contributed by atoms with van der Waals surface area (Å²) in [6.45, 7) is 3.77. The third-order valence-corrected chi connectivity index (χ3v) is 1.80. The fourth-order valence-electron chi connectivity index (χ4n) is 0.793. The first-order chi connectivity index (χ1) is 5.67. The Labute approximate surface area is 71.3 Å². The molecule has 0 aromatic rings. The van der Waals surface area contributed by atoms with E-state index in [1.54, 1.807) is 0 Å². The van der Waals surface area contributed by atoms with Gasteiger partial charge in [-0.25, -0.2) is 0 Å². The number of hydrogen-bond donors (Lipinski definition) is 0. The molecule has 5 heteroatoms. The fourth-order valence-corrected chi connectivity index (χ4v) is 0.793. The molecule has 0 spiro atoms. The van der Waals surface area contributed by atoms with Gasteiger partial charge in [0.25, 0.3) is 0 Å². The van der Waals surface area contributed by atoms with Gasteiger partial charge in [-0.1, -0.05) is 25.4 Å². The second-order valence-corrected chi connectivity index (χ2v) is 2.56. The molecule has 0 radical (unpaired) electrons. The quantitative estimate of drug-likeness (QED) is 0.280. The van der Waals surface area contributed by atoms with Crippen molar-refractivity contribution in [1.82, 2.24) is 0 Å². The van der Waals surface area contributed by atoms with Gasteiger partial charge in [0.15, 0.2) is 0 Å². The minimum Gasteiger partial charge on any atom is -0.469 e. The lowest BCUT2D eigenvalue weighted by atomic mass is 10.0. The Hall–Kier alpha value is -1.22. The molecule has 0 aliphatic rings. The molecule has 5 nitrogen and oxygen atoms in total. The lowest BCUT2D eigenvalue weighted by Gasteiger charge is -2.14. The predicted octanol–water partition coefficient (Wildman–Crippen LogP) is 1.88. The van der Waals surface area contributed by atoms with E-state index < -0.39 is 12.0 Å². The minimum absolute atomic E-state index is 0.0216. The summed E-state index contributed by atoms with van der Waals surface area (Å²) in [4.78, 5) is 13.6. The van der Waals surface area contributed by atoms with Crippen LogP contribution in [0.25, 0.3) is 10.4 Å². The van der Waals surface area contributed by atoms with E-state index in [0.717, 1.165) is 6.42 Å². The minimum atomic E-state index is -0.690. The van der Waals surface area contributed by atoms with Crippen molar-refractivity contribution < 1.29 is 9.53 Å². The Balaban J connectivity index is 4.42.